The van der Waals surface area contributed by atoms with Gasteiger partial charge in [0, 0.05) is 40.4 Å². The molecule has 0 saturated heterocycles. The highest BCUT2D eigenvalue weighted by molar-refractivity contribution is 6.05. The van der Waals surface area contributed by atoms with Gasteiger partial charge in [-0.2, -0.15) is 0 Å². The van der Waals surface area contributed by atoms with Gasteiger partial charge in [-0.1, -0.05) is 30.3 Å². The lowest BCUT2D eigenvalue weighted by Gasteiger charge is -2.26. The van der Waals surface area contributed by atoms with E-state index in [-0.39, 0.29) is 24.7 Å². The van der Waals surface area contributed by atoms with Crippen molar-refractivity contribution in [2.24, 2.45) is 11.8 Å². The van der Waals surface area contributed by atoms with Crippen LogP contribution in [0.1, 0.15) is 54.6 Å². The fourth-order valence-electron chi connectivity index (χ4n) is 5.83. The molecule has 7 nitrogen and oxygen atoms in total. The Hall–Kier alpha value is -3.87. The van der Waals surface area contributed by atoms with E-state index >= 15 is 0 Å². The first-order chi connectivity index (χ1) is 18.2. The number of hydrogen-bond acceptors (Lipinski definition) is 5. The smallest absolute Gasteiger partial charge is 0.339 e. The number of carbonyl (C=O) groups is 2. The molecule has 1 saturated carbocycles. The molecule has 0 spiro atoms. The van der Waals surface area contributed by atoms with Crippen LogP contribution < -0.4 is 10.9 Å². The van der Waals surface area contributed by atoms with E-state index in [1.807, 2.05) is 45.0 Å². The van der Waals surface area contributed by atoms with Crippen molar-refractivity contribution in [2.75, 3.05) is 6.54 Å². The lowest BCUT2D eigenvalue weighted by molar-refractivity contribution is -0.143. The Morgan fingerprint density at radius 3 is 2.32 bits per heavy atom. The summed E-state index contributed by atoms with van der Waals surface area (Å²) in [6.07, 6.45) is 3.38. The summed E-state index contributed by atoms with van der Waals surface area (Å²) >= 11 is 0. The zero-order chi connectivity index (χ0) is 27.0. The second kappa shape index (κ2) is 10.5. The molecule has 2 aromatic heterocycles. The molecule has 1 aliphatic carbocycles. The van der Waals surface area contributed by atoms with Gasteiger partial charge in [0.2, 0.25) is 5.91 Å². The zero-order valence-electron chi connectivity index (χ0n) is 22.1. The van der Waals surface area contributed by atoms with Gasteiger partial charge in [0.25, 0.3) is 0 Å². The molecule has 2 N–H and O–H groups in total. The second-order valence-electron chi connectivity index (χ2n) is 10.5. The number of carboxylic acids is 1. The van der Waals surface area contributed by atoms with Crippen molar-refractivity contribution in [2.45, 2.75) is 59.3 Å². The number of rotatable bonds is 7. The van der Waals surface area contributed by atoms with Crippen LogP contribution in [0.4, 0.5) is 0 Å². The van der Waals surface area contributed by atoms with E-state index < -0.39 is 11.6 Å². The molecule has 7 heteroatoms. The minimum Gasteiger partial charge on any atom is -0.481 e. The highest BCUT2D eigenvalue weighted by Gasteiger charge is 2.26. The molecule has 2 heterocycles. The zero-order valence-corrected chi connectivity index (χ0v) is 22.1. The Morgan fingerprint density at radius 2 is 1.63 bits per heavy atom. The molecule has 0 unspecified atom stereocenters. The minimum atomic E-state index is -0.729. The van der Waals surface area contributed by atoms with Crippen LogP contribution in [0, 0.1) is 32.6 Å². The number of carboxylic acid groups (broad SMARTS) is 1. The van der Waals surface area contributed by atoms with Crippen LogP contribution in [-0.4, -0.2) is 23.5 Å². The monoisotopic (exact) mass is 515 g/mol. The quantitative estimate of drug-likeness (QED) is 0.289. The summed E-state index contributed by atoms with van der Waals surface area (Å²) < 4.78 is 11.9. The molecule has 0 atom stereocenters. The van der Waals surface area contributed by atoms with Crippen LogP contribution in [0.5, 0.6) is 0 Å². The Kier molecular flexibility index (Phi) is 7.11. The molecular weight excluding hydrogens is 482 g/mol. The van der Waals surface area contributed by atoms with Crippen molar-refractivity contribution < 1.29 is 23.5 Å². The fourth-order valence-corrected chi connectivity index (χ4v) is 5.83. The number of carbonyl (C=O) groups excluding carboxylic acids is 1. The Balaban J connectivity index is 1.36. The first-order valence-corrected chi connectivity index (χ1v) is 13.3. The second-order valence-corrected chi connectivity index (χ2v) is 10.5. The van der Waals surface area contributed by atoms with Crippen LogP contribution >= 0.6 is 0 Å². The molecule has 1 aliphatic rings. The number of nitrogens with one attached hydrogen (secondary N) is 1. The molecule has 2 aromatic carbocycles. The van der Waals surface area contributed by atoms with E-state index in [0.717, 1.165) is 51.6 Å². The van der Waals surface area contributed by atoms with Gasteiger partial charge in [0.05, 0.1) is 5.92 Å². The van der Waals surface area contributed by atoms with Gasteiger partial charge in [-0.25, -0.2) is 4.79 Å². The van der Waals surface area contributed by atoms with Crippen LogP contribution in [0.25, 0.3) is 33.1 Å². The number of benzene rings is 2. The van der Waals surface area contributed by atoms with Crippen LogP contribution in [0.2, 0.25) is 0 Å². The van der Waals surface area contributed by atoms with E-state index in [0.29, 0.717) is 42.0 Å². The van der Waals surface area contributed by atoms with Gasteiger partial charge in [-0.15, -0.1) is 0 Å². The third-order valence-corrected chi connectivity index (χ3v) is 8.08. The lowest BCUT2D eigenvalue weighted by Crippen LogP contribution is -2.32. The van der Waals surface area contributed by atoms with Crippen LogP contribution in [-0.2, 0) is 16.0 Å². The third-order valence-electron chi connectivity index (χ3n) is 8.08. The molecule has 1 fully saturated rings. The van der Waals surface area contributed by atoms with Gasteiger partial charge >= 0.3 is 11.6 Å². The summed E-state index contributed by atoms with van der Waals surface area (Å²) in [7, 11) is 0. The Labute approximate surface area is 220 Å². The molecule has 4 aromatic rings. The number of aryl methyl sites for hydroxylation is 3. The van der Waals surface area contributed by atoms with Gasteiger partial charge < -0.3 is 19.3 Å². The summed E-state index contributed by atoms with van der Waals surface area (Å²) in [5, 5.41) is 13.9. The molecule has 0 aliphatic heterocycles. The summed E-state index contributed by atoms with van der Waals surface area (Å²) in [5.41, 5.74) is 4.99. The average Bonchev–Trinajstić information content (AvgIpc) is 3.25. The number of furan rings is 1. The topological polar surface area (TPSA) is 110 Å². The Morgan fingerprint density at radius 1 is 0.947 bits per heavy atom. The van der Waals surface area contributed by atoms with Crippen molar-refractivity contribution in [3.8, 4) is 11.1 Å². The SMILES string of the molecule is Cc1oc2c(C)c3oc(=O)c(CCC(=O)NCC4CCC(C(=O)O)CC4)c(C)c3cc2c1-c1ccccc1. The highest BCUT2D eigenvalue weighted by Crippen LogP contribution is 2.39. The van der Waals surface area contributed by atoms with Crippen molar-refractivity contribution in [3.63, 3.8) is 0 Å². The normalized spacial score (nSPS) is 17.7. The first-order valence-electron chi connectivity index (χ1n) is 13.3. The number of aliphatic carboxylic acids is 1. The summed E-state index contributed by atoms with van der Waals surface area (Å²) in [6.45, 7) is 6.29. The molecule has 5 rings (SSSR count). The van der Waals surface area contributed by atoms with Crippen molar-refractivity contribution in [1.29, 1.82) is 0 Å². The van der Waals surface area contributed by atoms with E-state index in [1.54, 1.807) is 0 Å². The van der Waals surface area contributed by atoms with Crippen molar-refractivity contribution in [3.05, 3.63) is 69.3 Å². The average molecular weight is 516 g/mol. The van der Waals surface area contributed by atoms with Gasteiger partial charge in [0.1, 0.15) is 16.9 Å². The third kappa shape index (κ3) is 4.85. The summed E-state index contributed by atoms with van der Waals surface area (Å²) in [6, 6.07) is 12.1. The summed E-state index contributed by atoms with van der Waals surface area (Å²) in [4.78, 5) is 36.7. The maximum atomic E-state index is 13.0. The Bertz CT molecular complexity index is 1570. The first kappa shape index (κ1) is 25.8. The maximum absolute atomic E-state index is 13.0. The van der Waals surface area contributed by atoms with Crippen LogP contribution in [0.15, 0.2) is 50.0 Å². The van der Waals surface area contributed by atoms with Crippen LogP contribution in [0.3, 0.4) is 0 Å². The van der Waals surface area contributed by atoms with E-state index in [1.165, 1.54) is 0 Å². The number of fused-ring (bicyclic) bond motifs is 2. The predicted octanol–water partition coefficient (Wildman–Crippen LogP) is 6.07. The van der Waals surface area contributed by atoms with Crippen molar-refractivity contribution >= 4 is 33.8 Å². The fraction of sp³-hybridized carbons (Fsp3) is 0.387. The van der Waals surface area contributed by atoms with E-state index in [4.69, 9.17) is 13.9 Å². The maximum Gasteiger partial charge on any atom is 0.339 e. The molecule has 0 radical (unpaired) electrons. The predicted molar refractivity (Wildman–Crippen MR) is 146 cm³/mol. The standard InChI is InChI=1S/C31H33NO6/c1-17-23(13-14-26(33)32-16-20-9-11-22(12-10-20)30(34)35)31(36)38-28-18(2)29-25(15-24(17)28)27(19(3)37-29)21-7-5-4-6-8-21/h4-8,15,20,22H,9-14,16H2,1-3H3,(H,32,33)(H,34,35). The molecule has 38 heavy (non-hydrogen) atoms. The molecular formula is C31H33NO6. The minimum absolute atomic E-state index is 0.118. The summed E-state index contributed by atoms with van der Waals surface area (Å²) in [5.74, 6) is -0.0147. The largest absolute Gasteiger partial charge is 0.481 e. The van der Waals surface area contributed by atoms with E-state index in [9.17, 15) is 14.4 Å². The molecule has 1 amide bonds. The van der Waals surface area contributed by atoms with E-state index in [2.05, 4.69) is 17.4 Å². The van der Waals surface area contributed by atoms with Gasteiger partial charge in [-0.3, -0.25) is 9.59 Å². The highest BCUT2D eigenvalue weighted by atomic mass is 16.4. The van der Waals surface area contributed by atoms with Gasteiger partial charge in [0.15, 0.2) is 0 Å². The number of amides is 1. The van der Waals surface area contributed by atoms with Crippen molar-refractivity contribution in [1.82, 2.24) is 5.32 Å². The number of hydrogen-bond donors (Lipinski definition) is 2. The van der Waals surface area contributed by atoms with Gasteiger partial charge in [-0.05, 0) is 76.0 Å². The molecule has 198 valence electrons. The lowest BCUT2D eigenvalue weighted by atomic mass is 9.82. The molecule has 0 bridgehead atoms.